The van der Waals surface area contributed by atoms with Crippen molar-refractivity contribution in [2.45, 2.75) is 12.5 Å². The van der Waals surface area contributed by atoms with Crippen LogP contribution in [0, 0.1) is 17.1 Å². The van der Waals surface area contributed by atoms with E-state index in [-0.39, 0.29) is 10.6 Å². The van der Waals surface area contributed by atoms with E-state index in [9.17, 15) is 4.79 Å². The van der Waals surface area contributed by atoms with Gasteiger partial charge in [0.2, 0.25) is 0 Å². The van der Waals surface area contributed by atoms with Gasteiger partial charge in [0.25, 0.3) is 0 Å². The molecule has 0 bridgehead atoms. The number of methoxy groups -OCH3 is 2. The smallest absolute Gasteiger partial charge is 0.322 e. The number of anilines is 1. The van der Waals surface area contributed by atoms with Crippen LogP contribution in [0.1, 0.15) is 28.3 Å². The summed E-state index contributed by atoms with van der Waals surface area (Å²) in [5.74, 6) is 0.512. The van der Waals surface area contributed by atoms with Crippen molar-refractivity contribution >= 4 is 23.3 Å². The maximum atomic E-state index is 15.1. The number of nitriles is 1. The van der Waals surface area contributed by atoms with E-state index < -0.39 is 17.9 Å². The Labute approximate surface area is 196 Å². The van der Waals surface area contributed by atoms with Crippen molar-refractivity contribution in [3.05, 3.63) is 87.7 Å². The molecule has 0 aromatic heterocycles. The summed E-state index contributed by atoms with van der Waals surface area (Å²) < 4.78 is 26.0. The first-order valence-electron chi connectivity index (χ1n) is 10.2. The number of carbonyl (C=O) groups is 1. The van der Waals surface area contributed by atoms with Gasteiger partial charge >= 0.3 is 6.03 Å². The summed E-state index contributed by atoms with van der Waals surface area (Å²) in [6.07, 6.45) is 0.532. The number of rotatable bonds is 4. The number of nitrogens with zero attached hydrogens (tertiary/aromatic N) is 2. The fraction of sp³-hybridized carbons (Fsp3) is 0.200. The quantitative estimate of drug-likeness (QED) is 0.548. The number of ether oxygens (including phenoxy) is 2. The van der Waals surface area contributed by atoms with E-state index in [1.165, 1.54) is 24.1 Å². The number of benzene rings is 3. The Kier molecular flexibility index (Phi) is 6.38. The molecule has 0 spiro atoms. The van der Waals surface area contributed by atoms with Gasteiger partial charge in [-0.15, -0.1) is 0 Å². The lowest BCUT2D eigenvalue weighted by molar-refractivity contribution is 0.192. The zero-order chi connectivity index (χ0) is 23.5. The van der Waals surface area contributed by atoms with E-state index in [0.717, 1.165) is 5.56 Å². The molecule has 6 nitrogen and oxygen atoms in total. The molecule has 1 aliphatic heterocycles. The largest absolute Gasteiger partial charge is 0.493 e. The number of fused-ring (bicyclic) bond motifs is 1. The molecule has 0 radical (unpaired) electrons. The van der Waals surface area contributed by atoms with Crippen LogP contribution in [-0.4, -0.2) is 31.7 Å². The fourth-order valence-electron chi connectivity index (χ4n) is 4.11. The second kappa shape index (κ2) is 9.39. The molecule has 0 saturated heterocycles. The van der Waals surface area contributed by atoms with Crippen LogP contribution < -0.4 is 14.8 Å². The van der Waals surface area contributed by atoms with E-state index in [4.69, 9.17) is 26.3 Å². The Morgan fingerprint density at radius 1 is 1.15 bits per heavy atom. The summed E-state index contributed by atoms with van der Waals surface area (Å²) in [5, 5.41) is 12.2. The lowest BCUT2D eigenvalue weighted by Gasteiger charge is -2.38. The summed E-state index contributed by atoms with van der Waals surface area (Å²) in [5.41, 5.74) is 2.70. The average molecular weight is 466 g/mol. The highest BCUT2D eigenvalue weighted by atomic mass is 35.5. The molecule has 1 heterocycles. The first-order chi connectivity index (χ1) is 16.0. The number of urea groups is 1. The van der Waals surface area contributed by atoms with Crippen molar-refractivity contribution < 1.29 is 18.7 Å². The molecule has 3 aromatic carbocycles. The highest BCUT2D eigenvalue weighted by Gasteiger charge is 2.36. The lowest BCUT2D eigenvalue weighted by atomic mass is 9.87. The third kappa shape index (κ3) is 4.30. The normalized spacial score (nSPS) is 14.8. The van der Waals surface area contributed by atoms with Crippen molar-refractivity contribution in [3.8, 4) is 17.6 Å². The molecule has 1 atom stereocenters. The van der Waals surface area contributed by atoms with Gasteiger partial charge in [-0.05, 0) is 60.0 Å². The Morgan fingerprint density at radius 2 is 1.88 bits per heavy atom. The van der Waals surface area contributed by atoms with E-state index in [1.54, 1.807) is 43.5 Å². The number of amides is 2. The van der Waals surface area contributed by atoms with Gasteiger partial charge in [-0.2, -0.15) is 5.26 Å². The van der Waals surface area contributed by atoms with Gasteiger partial charge in [0.1, 0.15) is 5.82 Å². The molecule has 0 unspecified atom stereocenters. The number of halogens is 2. The van der Waals surface area contributed by atoms with Gasteiger partial charge < -0.3 is 19.7 Å². The van der Waals surface area contributed by atoms with E-state index in [2.05, 4.69) is 5.32 Å². The molecule has 3 aromatic rings. The van der Waals surface area contributed by atoms with Crippen LogP contribution in [0.15, 0.2) is 54.6 Å². The number of hydrogen-bond acceptors (Lipinski definition) is 4. The molecule has 1 aliphatic rings. The minimum absolute atomic E-state index is 0.202. The van der Waals surface area contributed by atoms with Crippen molar-refractivity contribution in [1.29, 1.82) is 5.26 Å². The van der Waals surface area contributed by atoms with Crippen molar-refractivity contribution in [2.75, 3.05) is 26.1 Å². The molecule has 0 saturated carbocycles. The predicted octanol–water partition coefficient (Wildman–Crippen LogP) is 5.55. The lowest BCUT2D eigenvalue weighted by Crippen LogP contribution is -2.43. The zero-order valence-electron chi connectivity index (χ0n) is 18.1. The molecule has 4 rings (SSSR count). The first-order valence-corrected chi connectivity index (χ1v) is 10.6. The minimum atomic E-state index is -0.790. The molecular weight excluding hydrogens is 445 g/mol. The Hall–Kier alpha value is -3.76. The number of hydrogen-bond donors (Lipinski definition) is 1. The maximum absolute atomic E-state index is 15.1. The van der Waals surface area contributed by atoms with Crippen LogP contribution in [0.2, 0.25) is 5.02 Å². The van der Waals surface area contributed by atoms with Gasteiger partial charge in [-0.25, -0.2) is 9.18 Å². The van der Waals surface area contributed by atoms with Gasteiger partial charge in [-0.1, -0.05) is 23.7 Å². The highest BCUT2D eigenvalue weighted by Crippen LogP contribution is 2.43. The van der Waals surface area contributed by atoms with Crippen LogP contribution in [0.3, 0.4) is 0 Å². The van der Waals surface area contributed by atoms with E-state index >= 15 is 4.39 Å². The molecular formula is C25H21ClFN3O3. The Morgan fingerprint density at radius 3 is 2.58 bits per heavy atom. The van der Waals surface area contributed by atoms with Gasteiger partial charge in [0.05, 0.1) is 31.9 Å². The third-order valence-corrected chi connectivity index (χ3v) is 5.98. The van der Waals surface area contributed by atoms with Crippen LogP contribution in [0.4, 0.5) is 14.9 Å². The summed E-state index contributed by atoms with van der Waals surface area (Å²) in [6.45, 7) is 0.321. The fourth-order valence-corrected chi connectivity index (χ4v) is 4.38. The van der Waals surface area contributed by atoms with Crippen LogP contribution >= 0.6 is 11.6 Å². The van der Waals surface area contributed by atoms with Crippen LogP contribution in [0.5, 0.6) is 11.5 Å². The standard InChI is InChI=1S/C25H21ClFN3O3/c1-32-21-12-16-9-10-30(25(31)29-17-6-3-5-15(11-17)14-28)24(18(16)13-22(21)33-2)23-19(26)7-4-8-20(23)27/h3-8,11-13,24H,9-10H2,1-2H3,(H,29,31)/t24-/m1/s1. The third-order valence-electron chi connectivity index (χ3n) is 5.65. The second-order valence-electron chi connectivity index (χ2n) is 7.51. The van der Waals surface area contributed by atoms with Gasteiger partial charge in [-0.3, -0.25) is 0 Å². The highest BCUT2D eigenvalue weighted by molar-refractivity contribution is 6.31. The van der Waals surface area contributed by atoms with E-state index in [1.807, 2.05) is 12.1 Å². The number of nitrogens with one attached hydrogen (secondary N) is 1. The molecule has 168 valence electrons. The summed E-state index contributed by atoms with van der Waals surface area (Å²) in [7, 11) is 3.07. The van der Waals surface area contributed by atoms with Crippen molar-refractivity contribution in [3.63, 3.8) is 0 Å². The second-order valence-corrected chi connectivity index (χ2v) is 7.92. The van der Waals surface area contributed by atoms with Gasteiger partial charge in [0, 0.05) is 22.8 Å². The van der Waals surface area contributed by atoms with Crippen LogP contribution in [0.25, 0.3) is 0 Å². The molecule has 2 amide bonds. The van der Waals surface area contributed by atoms with Gasteiger partial charge in [0.15, 0.2) is 11.5 Å². The molecule has 0 fully saturated rings. The summed E-state index contributed by atoms with van der Waals surface area (Å²) in [6, 6.07) is 15.5. The maximum Gasteiger partial charge on any atom is 0.322 e. The van der Waals surface area contributed by atoms with Crippen LogP contribution in [-0.2, 0) is 6.42 Å². The first kappa shape index (κ1) is 22.4. The summed E-state index contributed by atoms with van der Waals surface area (Å²) >= 11 is 6.44. The Balaban J connectivity index is 1.82. The Bertz CT molecular complexity index is 1240. The monoisotopic (exact) mass is 465 g/mol. The molecule has 0 aliphatic carbocycles. The average Bonchev–Trinajstić information content (AvgIpc) is 2.83. The summed E-state index contributed by atoms with van der Waals surface area (Å²) in [4.78, 5) is 14.9. The molecule has 33 heavy (non-hydrogen) atoms. The number of carbonyl (C=O) groups excluding carboxylic acids is 1. The minimum Gasteiger partial charge on any atom is -0.493 e. The molecule has 1 N–H and O–H groups in total. The SMILES string of the molecule is COc1cc2c(cc1OC)[C@H](c1c(F)cccc1Cl)N(C(=O)Nc1cccc(C#N)c1)CC2. The molecule has 8 heteroatoms. The predicted molar refractivity (Wildman–Crippen MR) is 123 cm³/mol. The van der Waals surface area contributed by atoms with E-state index in [0.29, 0.717) is 41.3 Å². The zero-order valence-corrected chi connectivity index (χ0v) is 18.8. The van der Waals surface area contributed by atoms with Crippen molar-refractivity contribution in [1.82, 2.24) is 4.90 Å². The topological polar surface area (TPSA) is 74.6 Å². The van der Waals surface area contributed by atoms with Crippen molar-refractivity contribution in [2.24, 2.45) is 0 Å².